The molecule has 1 amide bonds. The number of hydrogen-bond donors (Lipinski definition) is 0. The third kappa shape index (κ3) is 4.11. The third-order valence-corrected chi connectivity index (χ3v) is 5.04. The summed E-state index contributed by atoms with van der Waals surface area (Å²) in [5, 5.41) is 4.20. The molecule has 0 atom stereocenters. The lowest BCUT2D eigenvalue weighted by atomic mass is 10.2. The highest BCUT2D eigenvalue weighted by atomic mass is 32.1. The lowest BCUT2D eigenvalue weighted by Crippen LogP contribution is -2.31. The van der Waals surface area contributed by atoms with E-state index in [9.17, 15) is 4.79 Å². The van der Waals surface area contributed by atoms with Crippen molar-refractivity contribution in [3.63, 3.8) is 0 Å². The summed E-state index contributed by atoms with van der Waals surface area (Å²) in [4.78, 5) is 25.4. The topological polar surface area (TPSA) is 54.3 Å². The Balaban J connectivity index is 1.68. The van der Waals surface area contributed by atoms with Crippen molar-refractivity contribution in [1.82, 2.24) is 19.4 Å². The lowest BCUT2D eigenvalue weighted by molar-refractivity contribution is 0.0747. The summed E-state index contributed by atoms with van der Waals surface area (Å²) in [5.41, 5.74) is 1.85. The number of pyridine rings is 1. The Kier molecular flexibility index (Phi) is 5.68. The van der Waals surface area contributed by atoms with E-state index in [1.807, 2.05) is 43.9 Å². The van der Waals surface area contributed by atoms with Crippen LogP contribution in [0.2, 0.25) is 0 Å². The second-order valence-corrected chi connectivity index (χ2v) is 6.95. The Hall–Kier alpha value is -2.67. The molecule has 0 aliphatic carbocycles. The number of rotatable bonds is 7. The molecule has 6 nitrogen and oxygen atoms in total. The van der Waals surface area contributed by atoms with Gasteiger partial charge in [0.05, 0.1) is 12.1 Å². The number of nitrogens with zero attached hydrogens (tertiary/aromatic N) is 5. The van der Waals surface area contributed by atoms with Crippen molar-refractivity contribution in [1.29, 1.82) is 0 Å². The Morgan fingerprint density at radius 3 is 2.65 bits per heavy atom. The predicted molar refractivity (Wildman–Crippen MR) is 104 cm³/mol. The normalized spacial score (nSPS) is 10.7. The minimum absolute atomic E-state index is 0.0324. The van der Waals surface area contributed by atoms with Crippen LogP contribution in [0.3, 0.4) is 0 Å². The molecule has 3 heterocycles. The number of anilines is 1. The van der Waals surface area contributed by atoms with Gasteiger partial charge in [-0.1, -0.05) is 0 Å². The van der Waals surface area contributed by atoms with Crippen LogP contribution in [0.5, 0.6) is 0 Å². The number of carbonyl (C=O) groups is 1. The van der Waals surface area contributed by atoms with Crippen LogP contribution < -0.4 is 4.90 Å². The molecule has 3 aromatic heterocycles. The fourth-order valence-electron chi connectivity index (χ4n) is 2.71. The van der Waals surface area contributed by atoms with Crippen molar-refractivity contribution in [3.05, 3.63) is 64.5 Å². The molecule has 0 bridgehead atoms. The number of aryl methyl sites for hydroxylation is 1. The number of imidazole rings is 1. The standard InChI is InChI=1S/C19H23N5OS/c1-4-24(13-18-20-8-9-22(18)2)19(25)16-5-6-17(21-11-16)23(3)12-15-7-10-26-14-15/h5-11,14H,4,12-13H2,1-3H3. The third-order valence-electron chi connectivity index (χ3n) is 4.31. The molecule has 3 rings (SSSR count). The average molecular weight is 369 g/mol. The van der Waals surface area contributed by atoms with E-state index in [0.717, 1.165) is 18.2 Å². The molecule has 0 radical (unpaired) electrons. The van der Waals surface area contributed by atoms with Crippen LogP contribution in [0.25, 0.3) is 0 Å². The van der Waals surface area contributed by atoms with Gasteiger partial charge in [0.25, 0.3) is 5.91 Å². The second kappa shape index (κ2) is 8.14. The first-order chi connectivity index (χ1) is 12.6. The van der Waals surface area contributed by atoms with Crippen molar-refractivity contribution < 1.29 is 4.79 Å². The van der Waals surface area contributed by atoms with E-state index >= 15 is 0 Å². The summed E-state index contributed by atoms with van der Waals surface area (Å²) < 4.78 is 1.93. The fourth-order valence-corrected chi connectivity index (χ4v) is 3.37. The number of hydrogen-bond acceptors (Lipinski definition) is 5. The molecule has 136 valence electrons. The van der Waals surface area contributed by atoms with Crippen LogP contribution in [0.1, 0.15) is 28.7 Å². The van der Waals surface area contributed by atoms with Gasteiger partial charge >= 0.3 is 0 Å². The summed E-state index contributed by atoms with van der Waals surface area (Å²) >= 11 is 1.69. The van der Waals surface area contributed by atoms with Crippen molar-refractivity contribution in [3.8, 4) is 0 Å². The zero-order valence-corrected chi connectivity index (χ0v) is 16.1. The highest BCUT2D eigenvalue weighted by Crippen LogP contribution is 2.16. The fraction of sp³-hybridized carbons (Fsp3) is 0.316. The van der Waals surface area contributed by atoms with Gasteiger partial charge in [0, 0.05) is 45.8 Å². The maximum absolute atomic E-state index is 12.8. The molecule has 0 saturated heterocycles. The molecule has 3 aromatic rings. The van der Waals surface area contributed by atoms with Crippen molar-refractivity contribution in [2.75, 3.05) is 18.5 Å². The summed E-state index contributed by atoms with van der Waals surface area (Å²) in [6, 6.07) is 5.85. The van der Waals surface area contributed by atoms with Crippen LogP contribution in [0.4, 0.5) is 5.82 Å². The van der Waals surface area contributed by atoms with Crippen LogP contribution in [-0.2, 0) is 20.1 Å². The van der Waals surface area contributed by atoms with E-state index in [1.165, 1.54) is 5.56 Å². The van der Waals surface area contributed by atoms with Crippen molar-refractivity contribution in [2.24, 2.45) is 7.05 Å². The largest absolute Gasteiger partial charge is 0.355 e. The van der Waals surface area contributed by atoms with Gasteiger partial charge in [-0.25, -0.2) is 9.97 Å². The minimum atomic E-state index is -0.0324. The Bertz CT molecular complexity index is 841. The molecule has 0 aliphatic rings. The highest BCUT2D eigenvalue weighted by Gasteiger charge is 2.17. The van der Waals surface area contributed by atoms with E-state index in [1.54, 1.807) is 28.6 Å². The first kappa shape index (κ1) is 18.1. The molecule has 0 N–H and O–H groups in total. The van der Waals surface area contributed by atoms with Gasteiger partial charge in [-0.05, 0) is 41.4 Å². The number of amides is 1. The summed E-state index contributed by atoms with van der Waals surface area (Å²) in [6.45, 7) is 3.87. The van der Waals surface area contributed by atoms with Crippen LogP contribution in [0.15, 0.2) is 47.5 Å². The first-order valence-corrected chi connectivity index (χ1v) is 9.46. The Morgan fingerprint density at radius 2 is 2.08 bits per heavy atom. The summed E-state index contributed by atoms with van der Waals surface area (Å²) in [7, 11) is 3.93. The first-order valence-electron chi connectivity index (χ1n) is 8.52. The van der Waals surface area contributed by atoms with E-state index in [2.05, 4.69) is 31.7 Å². The van der Waals surface area contributed by atoms with Gasteiger partial charge in [-0.3, -0.25) is 4.79 Å². The monoisotopic (exact) mass is 369 g/mol. The van der Waals surface area contributed by atoms with Gasteiger partial charge in [0.1, 0.15) is 11.6 Å². The number of carbonyl (C=O) groups excluding carboxylic acids is 1. The second-order valence-electron chi connectivity index (χ2n) is 6.17. The average Bonchev–Trinajstić information content (AvgIpc) is 3.31. The Morgan fingerprint density at radius 1 is 1.23 bits per heavy atom. The lowest BCUT2D eigenvalue weighted by Gasteiger charge is -2.21. The smallest absolute Gasteiger partial charge is 0.255 e. The van der Waals surface area contributed by atoms with Gasteiger partial charge in [-0.2, -0.15) is 11.3 Å². The van der Waals surface area contributed by atoms with Gasteiger partial charge < -0.3 is 14.4 Å². The molecule has 0 saturated carbocycles. The van der Waals surface area contributed by atoms with Crippen LogP contribution >= 0.6 is 11.3 Å². The molecular formula is C19H23N5OS. The molecule has 26 heavy (non-hydrogen) atoms. The number of aromatic nitrogens is 3. The predicted octanol–water partition coefficient (Wildman–Crippen LogP) is 3.18. The zero-order chi connectivity index (χ0) is 18.5. The van der Waals surface area contributed by atoms with E-state index in [-0.39, 0.29) is 5.91 Å². The van der Waals surface area contributed by atoms with Crippen molar-refractivity contribution >= 4 is 23.1 Å². The van der Waals surface area contributed by atoms with Gasteiger partial charge in [0.15, 0.2) is 0 Å². The van der Waals surface area contributed by atoms with E-state index < -0.39 is 0 Å². The van der Waals surface area contributed by atoms with Crippen LogP contribution in [0, 0.1) is 0 Å². The summed E-state index contributed by atoms with van der Waals surface area (Å²) in [5.74, 6) is 1.68. The molecule has 0 unspecified atom stereocenters. The van der Waals surface area contributed by atoms with Crippen molar-refractivity contribution in [2.45, 2.75) is 20.0 Å². The SMILES string of the molecule is CCN(Cc1nccn1C)C(=O)c1ccc(N(C)Cc2ccsc2)nc1. The zero-order valence-electron chi connectivity index (χ0n) is 15.3. The maximum Gasteiger partial charge on any atom is 0.255 e. The molecule has 0 spiro atoms. The van der Waals surface area contributed by atoms with Gasteiger partial charge in [-0.15, -0.1) is 0 Å². The molecule has 0 fully saturated rings. The molecule has 0 aliphatic heterocycles. The number of thiophene rings is 1. The highest BCUT2D eigenvalue weighted by molar-refractivity contribution is 7.07. The molecular weight excluding hydrogens is 346 g/mol. The quantitative estimate of drug-likeness (QED) is 0.642. The Labute approximate surface area is 157 Å². The van der Waals surface area contributed by atoms with Gasteiger partial charge in [0.2, 0.25) is 0 Å². The maximum atomic E-state index is 12.8. The summed E-state index contributed by atoms with van der Waals surface area (Å²) in [6.07, 6.45) is 5.28. The molecule has 0 aromatic carbocycles. The molecule has 7 heteroatoms. The van der Waals surface area contributed by atoms with E-state index in [4.69, 9.17) is 0 Å². The van der Waals surface area contributed by atoms with E-state index in [0.29, 0.717) is 18.7 Å². The van der Waals surface area contributed by atoms with Crippen LogP contribution in [-0.4, -0.2) is 38.9 Å². The minimum Gasteiger partial charge on any atom is -0.355 e.